The minimum Gasteiger partial charge on any atom is -0.425 e. The number of ketones is 1. The summed E-state index contributed by atoms with van der Waals surface area (Å²) in [5, 5.41) is 2.20. The van der Waals surface area contributed by atoms with Crippen LogP contribution in [0.2, 0.25) is 0 Å². The number of hydrogen-bond donors (Lipinski definition) is 1. The normalized spacial score (nSPS) is 19.9. The molecule has 12 nitrogen and oxygen atoms in total. The highest BCUT2D eigenvalue weighted by Crippen LogP contribution is 2.34. The fourth-order valence-corrected chi connectivity index (χ4v) is 6.84. The zero-order valence-corrected chi connectivity index (χ0v) is 22.7. The van der Waals surface area contributed by atoms with Gasteiger partial charge in [-0.3, -0.25) is 19.4 Å². The van der Waals surface area contributed by atoms with Crippen LogP contribution < -0.4 is 10.1 Å². The Morgan fingerprint density at radius 3 is 2.67 bits per heavy atom. The van der Waals surface area contributed by atoms with E-state index in [1.807, 2.05) is 19.1 Å². The van der Waals surface area contributed by atoms with Gasteiger partial charge in [0.05, 0.1) is 18.2 Å². The summed E-state index contributed by atoms with van der Waals surface area (Å²) in [6.45, 7) is 3.15. The number of nitrogens with zero attached hydrogens (tertiary/aromatic N) is 3. The molecule has 40 heavy (non-hydrogen) atoms. The number of sulfonamides is 1. The number of aromatic nitrogens is 1. The summed E-state index contributed by atoms with van der Waals surface area (Å²) in [7, 11) is -4.53. The van der Waals surface area contributed by atoms with Crippen LogP contribution in [-0.4, -0.2) is 76.7 Å². The average molecular weight is 569 g/mol. The van der Waals surface area contributed by atoms with Crippen molar-refractivity contribution in [3.05, 3.63) is 59.9 Å². The van der Waals surface area contributed by atoms with Crippen LogP contribution in [0.1, 0.15) is 42.1 Å². The second kappa shape index (κ2) is 10.8. The maximum absolute atomic E-state index is 13.6. The molecule has 210 valence electrons. The van der Waals surface area contributed by atoms with Crippen molar-refractivity contribution >= 4 is 43.9 Å². The Hall–Kier alpha value is -4.10. The minimum absolute atomic E-state index is 0.00716. The van der Waals surface area contributed by atoms with Crippen molar-refractivity contribution in [2.45, 2.75) is 51.2 Å². The number of carbonyl (C=O) groups is 4. The van der Waals surface area contributed by atoms with Crippen molar-refractivity contribution in [3.63, 3.8) is 0 Å². The third kappa shape index (κ3) is 4.86. The van der Waals surface area contributed by atoms with Gasteiger partial charge in [0.15, 0.2) is 5.78 Å². The summed E-state index contributed by atoms with van der Waals surface area (Å²) in [6, 6.07) is 7.02. The highest BCUT2D eigenvalue weighted by molar-refractivity contribution is 8.04. The Morgan fingerprint density at radius 1 is 1.20 bits per heavy atom. The van der Waals surface area contributed by atoms with Gasteiger partial charge < -0.3 is 19.4 Å². The fraction of sp³-hybridized carbons (Fsp3) is 0.370. The van der Waals surface area contributed by atoms with Crippen LogP contribution in [0.4, 0.5) is 4.79 Å². The van der Waals surface area contributed by atoms with Crippen LogP contribution in [0.3, 0.4) is 0 Å². The van der Waals surface area contributed by atoms with Crippen molar-refractivity contribution in [2.75, 3.05) is 13.1 Å². The Balaban J connectivity index is 1.30. The van der Waals surface area contributed by atoms with Gasteiger partial charge in [-0.25, -0.2) is 13.2 Å². The van der Waals surface area contributed by atoms with E-state index in [-0.39, 0.29) is 30.9 Å². The topological polar surface area (TPSA) is 156 Å². The summed E-state index contributed by atoms with van der Waals surface area (Å²) in [5.74, 6) is -1.01. The van der Waals surface area contributed by atoms with Crippen molar-refractivity contribution in [1.29, 1.82) is 0 Å². The molecular formula is C27H28N4O8S. The van der Waals surface area contributed by atoms with E-state index in [0.29, 0.717) is 17.6 Å². The van der Waals surface area contributed by atoms with Gasteiger partial charge in [-0.05, 0) is 38.0 Å². The molecule has 2 fully saturated rings. The van der Waals surface area contributed by atoms with E-state index in [4.69, 9.17) is 9.15 Å². The number of Topliss-reactive ketones (excluding diaryl/α,β-unsaturated/α-hetero) is 1. The van der Waals surface area contributed by atoms with Gasteiger partial charge in [0, 0.05) is 29.9 Å². The molecule has 13 heteroatoms. The number of amides is 2. The molecule has 0 aliphatic carbocycles. The van der Waals surface area contributed by atoms with Gasteiger partial charge in [-0.2, -0.15) is 4.31 Å². The SMILES string of the molecule is CCCC(NC(=O)Oc1oc2ccccc2c1C)C(=O)N1CCC2C1C(=O)CN2S(=O)(=O)C(=O)c1cccnc1. The number of aryl methyl sites for hydroxylation is 1. The minimum atomic E-state index is -4.53. The number of para-hydroxylation sites is 1. The van der Waals surface area contributed by atoms with Crippen LogP contribution in [0, 0.1) is 6.92 Å². The molecule has 1 N–H and O–H groups in total. The van der Waals surface area contributed by atoms with Crippen molar-refractivity contribution < 1.29 is 36.7 Å². The molecule has 5 rings (SSSR count). The molecule has 0 saturated carbocycles. The molecule has 3 atom stereocenters. The Morgan fingerprint density at radius 2 is 1.98 bits per heavy atom. The van der Waals surface area contributed by atoms with Crippen LogP contribution in [0.15, 0.2) is 53.2 Å². The number of likely N-dealkylation sites (tertiary alicyclic amines) is 1. The fourth-order valence-electron chi connectivity index (χ4n) is 5.33. The summed E-state index contributed by atoms with van der Waals surface area (Å²) in [6.07, 6.45) is 2.63. The molecule has 2 amide bonds. The van der Waals surface area contributed by atoms with Crippen LogP contribution in [0.25, 0.3) is 11.0 Å². The Labute approximate surface area is 230 Å². The first kappa shape index (κ1) is 27.5. The van der Waals surface area contributed by atoms with E-state index in [2.05, 4.69) is 10.3 Å². The average Bonchev–Trinajstić information content (AvgIpc) is 3.62. The molecule has 3 unspecified atom stereocenters. The van der Waals surface area contributed by atoms with Crippen LogP contribution in [-0.2, 0) is 19.6 Å². The second-order valence-corrected chi connectivity index (χ2v) is 11.6. The standard InChI is InChI=1S/C27H28N4O8S/c1-3-7-19(29-27(35)39-26-16(2)18-9-4-5-10-22(18)38-26)24(33)30-13-11-20-23(30)21(32)15-31(20)40(36,37)25(34)17-8-6-12-28-14-17/h4-6,8-10,12,14,19-20,23H,3,7,11,13,15H2,1-2H3,(H,29,35). The number of furan rings is 1. The molecule has 0 bridgehead atoms. The molecule has 0 radical (unpaired) electrons. The number of ether oxygens (including phenoxy) is 1. The number of carbonyl (C=O) groups excluding carboxylic acids is 4. The first-order valence-corrected chi connectivity index (χ1v) is 14.3. The molecule has 3 aromatic rings. The van der Waals surface area contributed by atoms with E-state index >= 15 is 0 Å². The second-order valence-electron chi connectivity index (χ2n) is 9.76. The lowest BCUT2D eigenvalue weighted by atomic mass is 10.1. The lowest BCUT2D eigenvalue weighted by Crippen LogP contribution is -2.53. The molecule has 2 saturated heterocycles. The van der Waals surface area contributed by atoms with Crippen LogP contribution in [0.5, 0.6) is 5.95 Å². The summed E-state index contributed by atoms with van der Waals surface area (Å²) >= 11 is 0. The summed E-state index contributed by atoms with van der Waals surface area (Å²) in [4.78, 5) is 57.2. The zero-order chi connectivity index (χ0) is 28.6. The first-order valence-electron chi connectivity index (χ1n) is 12.9. The number of nitrogens with one attached hydrogen (secondary N) is 1. The molecule has 2 aromatic heterocycles. The lowest BCUT2D eigenvalue weighted by molar-refractivity contribution is -0.138. The highest BCUT2D eigenvalue weighted by Gasteiger charge is 2.55. The zero-order valence-electron chi connectivity index (χ0n) is 21.9. The van der Waals surface area contributed by atoms with Gasteiger partial charge >= 0.3 is 6.09 Å². The lowest BCUT2D eigenvalue weighted by Gasteiger charge is -2.27. The smallest absolute Gasteiger partial charge is 0.415 e. The van der Waals surface area contributed by atoms with E-state index < -0.39 is 57.6 Å². The van der Waals surface area contributed by atoms with E-state index in [1.54, 1.807) is 19.1 Å². The van der Waals surface area contributed by atoms with Crippen molar-refractivity contribution in [3.8, 4) is 5.95 Å². The molecule has 1 aromatic carbocycles. The quantitative estimate of drug-likeness (QED) is 0.452. The number of fused-ring (bicyclic) bond motifs is 2. The van der Waals surface area contributed by atoms with Gasteiger partial charge in [0.2, 0.25) is 5.91 Å². The predicted molar refractivity (Wildman–Crippen MR) is 142 cm³/mol. The highest BCUT2D eigenvalue weighted by atomic mass is 32.2. The molecule has 2 aliphatic rings. The number of rotatable bonds is 7. The Bertz CT molecular complexity index is 1590. The largest absolute Gasteiger partial charge is 0.425 e. The maximum Gasteiger partial charge on any atom is 0.415 e. The van der Waals surface area contributed by atoms with Crippen molar-refractivity contribution in [2.24, 2.45) is 0 Å². The number of pyridine rings is 1. The Kier molecular flexibility index (Phi) is 7.43. The number of hydrogen-bond acceptors (Lipinski definition) is 9. The summed E-state index contributed by atoms with van der Waals surface area (Å²) < 4.78 is 38.2. The van der Waals surface area contributed by atoms with Gasteiger partial charge in [0.25, 0.3) is 21.1 Å². The van der Waals surface area contributed by atoms with Crippen molar-refractivity contribution in [1.82, 2.24) is 19.5 Å². The monoisotopic (exact) mass is 568 g/mol. The van der Waals surface area contributed by atoms with Gasteiger partial charge in [-0.15, -0.1) is 0 Å². The molecular weight excluding hydrogens is 540 g/mol. The summed E-state index contributed by atoms with van der Waals surface area (Å²) in [5.41, 5.74) is 1.06. The van der Waals surface area contributed by atoms with E-state index in [1.165, 1.54) is 23.2 Å². The van der Waals surface area contributed by atoms with Gasteiger partial charge in [-0.1, -0.05) is 31.5 Å². The molecule has 0 spiro atoms. The molecule has 4 heterocycles. The first-order chi connectivity index (χ1) is 19.1. The van der Waals surface area contributed by atoms with Crippen LogP contribution >= 0.6 is 0 Å². The van der Waals surface area contributed by atoms with E-state index in [0.717, 1.165) is 15.9 Å². The van der Waals surface area contributed by atoms with E-state index in [9.17, 15) is 27.6 Å². The molecule has 2 aliphatic heterocycles. The predicted octanol–water partition coefficient (Wildman–Crippen LogP) is 2.42. The number of benzene rings is 1. The van der Waals surface area contributed by atoms with Gasteiger partial charge in [0.1, 0.15) is 17.7 Å². The third-order valence-electron chi connectivity index (χ3n) is 7.25. The third-order valence-corrected chi connectivity index (χ3v) is 8.98. The maximum atomic E-state index is 13.6.